The molecule has 19 heavy (non-hydrogen) atoms. The molecule has 0 saturated carbocycles. The maximum absolute atomic E-state index is 11.0. The van der Waals surface area contributed by atoms with E-state index in [1.165, 1.54) is 0 Å². The van der Waals surface area contributed by atoms with Crippen LogP contribution >= 0.6 is 0 Å². The van der Waals surface area contributed by atoms with Crippen LogP contribution in [0.2, 0.25) is 0 Å². The Balaban J connectivity index is 2.39. The number of aliphatic carboxylic acids is 1. The van der Waals surface area contributed by atoms with Crippen molar-refractivity contribution in [2.24, 2.45) is 0 Å². The van der Waals surface area contributed by atoms with Gasteiger partial charge in [-0.05, 0) is 43.9 Å². The van der Waals surface area contributed by atoms with Gasteiger partial charge in [-0.15, -0.1) is 0 Å². The van der Waals surface area contributed by atoms with Crippen molar-refractivity contribution in [3.8, 4) is 5.75 Å². The monoisotopic (exact) mass is 265 g/mol. The van der Waals surface area contributed by atoms with E-state index >= 15 is 0 Å². The number of hydrogen-bond donors (Lipinski definition) is 3. The fourth-order valence-electron chi connectivity index (χ4n) is 2.04. The first-order valence-corrected chi connectivity index (χ1v) is 6.79. The number of aromatic hydroxyl groups is 1. The van der Waals surface area contributed by atoms with Crippen LogP contribution in [-0.4, -0.2) is 28.3 Å². The highest BCUT2D eigenvalue weighted by Gasteiger charge is 2.18. The molecule has 1 aromatic rings. The van der Waals surface area contributed by atoms with Crippen LogP contribution in [0.1, 0.15) is 38.7 Å². The van der Waals surface area contributed by atoms with Gasteiger partial charge < -0.3 is 15.5 Å². The standard InChI is InChI=1S/C15H23NO3/c1-3-4-14(15(18)19)16-11(2)5-6-12-7-9-13(17)10-8-12/h7-11,14,16-17H,3-6H2,1-2H3,(H,18,19). The highest BCUT2D eigenvalue weighted by molar-refractivity contribution is 5.73. The summed E-state index contributed by atoms with van der Waals surface area (Å²) in [4.78, 5) is 11.0. The molecule has 2 atom stereocenters. The van der Waals surface area contributed by atoms with Crippen LogP contribution in [-0.2, 0) is 11.2 Å². The van der Waals surface area contributed by atoms with E-state index < -0.39 is 12.0 Å². The third kappa shape index (κ3) is 5.75. The minimum atomic E-state index is -0.779. The molecule has 3 N–H and O–H groups in total. The minimum Gasteiger partial charge on any atom is -0.508 e. The van der Waals surface area contributed by atoms with Crippen LogP contribution in [0.3, 0.4) is 0 Å². The number of carbonyl (C=O) groups is 1. The lowest BCUT2D eigenvalue weighted by Crippen LogP contribution is -2.42. The lowest BCUT2D eigenvalue weighted by molar-refractivity contribution is -0.139. The average Bonchev–Trinajstić information content (AvgIpc) is 2.37. The first kappa shape index (κ1) is 15.5. The Bertz CT molecular complexity index is 389. The molecular formula is C15H23NO3. The molecule has 0 amide bonds. The Labute approximate surface area is 114 Å². The summed E-state index contributed by atoms with van der Waals surface area (Å²) in [6.45, 7) is 3.99. The number of aryl methyl sites for hydroxylation is 1. The quantitative estimate of drug-likeness (QED) is 0.675. The minimum absolute atomic E-state index is 0.154. The van der Waals surface area contributed by atoms with Crippen molar-refractivity contribution in [2.75, 3.05) is 0 Å². The molecule has 0 bridgehead atoms. The lowest BCUT2D eigenvalue weighted by atomic mass is 10.0. The Morgan fingerprint density at radius 1 is 1.26 bits per heavy atom. The second-order valence-electron chi connectivity index (χ2n) is 4.95. The van der Waals surface area contributed by atoms with Crippen LogP contribution in [0, 0.1) is 0 Å². The molecule has 106 valence electrons. The van der Waals surface area contributed by atoms with Gasteiger partial charge in [-0.1, -0.05) is 25.5 Å². The summed E-state index contributed by atoms with van der Waals surface area (Å²) in [5, 5.41) is 21.4. The topological polar surface area (TPSA) is 69.6 Å². The Kier molecular flexibility index (Phi) is 6.36. The normalized spacial score (nSPS) is 14.0. The Hall–Kier alpha value is -1.55. The van der Waals surface area contributed by atoms with E-state index in [2.05, 4.69) is 5.32 Å². The number of phenols is 1. The van der Waals surface area contributed by atoms with E-state index in [0.717, 1.165) is 24.8 Å². The summed E-state index contributed by atoms with van der Waals surface area (Å²) in [6, 6.07) is 6.82. The molecule has 0 aliphatic heterocycles. The molecule has 1 rings (SSSR count). The van der Waals surface area contributed by atoms with Crippen LogP contribution in [0.25, 0.3) is 0 Å². The Morgan fingerprint density at radius 2 is 1.89 bits per heavy atom. The van der Waals surface area contributed by atoms with Gasteiger partial charge in [-0.2, -0.15) is 0 Å². The molecule has 0 aromatic heterocycles. The molecule has 4 nitrogen and oxygen atoms in total. The molecule has 2 unspecified atom stereocenters. The second kappa shape index (κ2) is 7.79. The second-order valence-corrected chi connectivity index (χ2v) is 4.95. The summed E-state index contributed by atoms with van der Waals surface area (Å²) in [5.41, 5.74) is 1.15. The zero-order valence-corrected chi connectivity index (χ0v) is 11.6. The zero-order chi connectivity index (χ0) is 14.3. The fourth-order valence-corrected chi connectivity index (χ4v) is 2.04. The number of benzene rings is 1. The van der Waals surface area contributed by atoms with Crippen molar-refractivity contribution in [1.29, 1.82) is 0 Å². The molecule has 0 spiro atoms. The summed E-state index contributed by atoms with van der Waals surface area (Å²) < 4.78 is 0. The maximum Gasteiger partial charge on any atom is 0.320 e. The van der Waals surface area contributed by atoms with Crippen molar-refractivity contribution in [2.45, 2.75) is 51.6 Å². The third-order valence-corrected chi connectivity index (χ3v) is 3.16. The first-order valence-electron chi connectivity index (χ1n) is 6.79. The van der Waals surface area contributed by atoms with Gasteiger partial charge in [0.25, 0.3) is 0 Å². The fraction of sp³-hybridized carbons (Fsp3) is 0.533. The summed E-state index contributed by atoms with van der Waals surface area (Å²) >= 11 is 0. The van der Waals surface area contributed by atoms with Gasteiger partial charge in [0.1, 0.15) is 11.8 Å². The predicted molar refractivity (Wildman–Crippen MR) is 75.4 cm³/mol. The van der Waals surface area contributed by atoms with Gasteiger partial charge in [-0.3, -0.25) is 4.79 Å². The number of carboxylic acid groups (broad SMARTS) is 1. The van der Waals surface area contributed by atoms with Crippen LogP contribution in [0.15, 0.2) is 24.3 Å². The molecule has 0 saturated heterocycles. The van der Waals surface area contributed by atoms with Crippen LogP contribution < -0.4 is 5.32 Å². The van der Waals surface area contributed by atoms with Crippen molar-refractivity contribution >= 4 is 5.97 Å². The molecule has 0 radical (unpaired) electrons. The molecule has 0 aliphatic carbocycles. The van der Waals surface area contributed by atoms with Gasteiger partial charge in [0, 0.05) is 6.04 Å². The van der Waals surface area contributed by atoms with Crippen LogP contribution in [0.4, 0.5) is 0 Å². The van der Waals surface area contributed by atoms with E-state index in [4.69, 9.17) is 5.11 Å². The van der Waals surface area contributed by atoms with Gasteiger partial charge in [0.05, 0.1) is 0 Å². The predicted octanol–water partition coefficient (Wildman–Crippen LogP) is 2.56. The summed E-state index contributed by atoms with van der Waals surface area (Å²) in [7, 11) is 0. The van der Waals surface area contributed by atoms with E-state index in [-0.39, 0.29) is 11.8 Å². The maximum atomic E-state index is 11.0. The largest absolute Gasteiger partial charge is 0.508 e. The highest BCUT2D eigenvalue weighted by atomic mass is 16.4. The average molecular weight is 265 g/mol. The summed E-state index contributed by atoms with van der Waals surface area (Å²) in [6.07, 6.45) is 3.25. The van der Waals surface area contributed by atoms with Crippen molar-refractivity contribution in [3.05, 3.63) is 29.8 Å². The molecule has 0 aliphatic rings. The van der Waals surface area contributed by atoms with Crippen LogP contribution in [0.5, 0.6) is 5.75 Å². The van der Waals surface area contributed by atoms with Crippen molar-refractivity contribution in [1.82, 2.24) is 5.32 Å². The van der Waals surface area contributed by atoms with Gasteiger partial charge in [-0.25, -0.2) is 0 Å². The molecule has 4 heteroatoms. The number of phenolic OH excluding ortho intramolecular Hbond substituents is 1. The van der Waals surface area contributed by atoms with E-state index in [9.17, 15) is 9.90 Å². The molecule has 0 fully saturated rings. The van der Waals surface area contributed by atoms with E-state index in [1.807, 2.05) is 26.0 Å². The van der Waals surface area contributed by atoms with Gasteiger partial charge in [0.15, 0.2) is 0 Å². The van der Waals surface area contributed by atoms with Gasteiger partial charge in [0.2, 0.25) is 0 Å². The first-order chi connectivity index (χ1) is 9.02. The summed E-state index contributed by atoms with van der Waals surface area (Å²) in [5.74, 6) is -0.512. The van der Waals surface area contributed by atoms with E-state index in [0.29, 0.717) is 6.42 Å². The highest BCUT2D eigenvalue weighted by Crippen LogP contribution is 2.12. The van der Waals surface area contributed by atoms with Crippen molar-refractivity contribution < 1.29 is 15.0 Å². The number of nitrogens with one attached hydrogen (secondary N) is 1. The number of carboxylic acids is 1. The molecular weight excluding hydrogens is 242 g/mol. The smallest absolute Gasteiger partial charge is 0.320 e. The lowest BCUT2D eigenvalue weighted by Gasteiger charge is -2.19. The number of rotatable bonds is 8. The number of hydrogen-bond acceptors (Lipinski definition) is 3. The zero-order valence-electron chi connectivity index (χ0n) is 11.6. The Morgan fingerprint density at radius 3 is 2.42 bits per heavy atom. The van der Waals surface area contributed by atoms with Crippen molar-refractivity contribution in [3.63, 3.8) is 0 Å². The molecule has 0 heterocycles. The SMILES string of the molecule is CCCC(NC(C)CCc1ccc(O)cc1)C(=O)O. The molecule has 1 aromatic carbocycles. The van der Waals surface area contributed by atoms with E-state index in [1.54, 1.807) is 12.1 Å². The van der Waals surface area contributed by atoms with Gasteiger partial charge >= 0.3 is 5.97 Å². The third-order valence-electron chi connectivity index (χ3n) is 3.16.